The molecule has 0 unspecified atom stereocenters. The zero-order valence-electron chi connectivity index (χ0n) is 44.0. The first-order valence-corrected chi connectivity index (χ1v) is 28.7. The Balaban J connectivity index is 0.986. The van der Waals surface area contributed by atoms with Crippen molar-refractivity contribution >= 4 is 98.1 Å². The predicted molar refractivity (Wildman–Crippen MR) is 342 cm³/mol. The average molecular weight is 1050 g/mol. The molecule has 4 heteroatoms. The molecule has 17 rings (SSSR count). The van der Waals surface area contributed by atoms with E-state index in [4.69, 9.17) is 0 Å². The number of thiophene rings is 1. The second kappa shape index (κ2) is 17.9. The van der Waals surface area contributed by atoms with Gasteiger partial charge in [0.05, 0.1) is 28.0 Å². The molecular weight excluding hydrogens is 999 g/mol. The van der Waals surface area contributed by atoms with Gasteiger partial charge in [-0.05, 0) is 163 Å². The minimum atomic E-state index is -0.571. The zero-order valence-corrected chi connectivity index (χ0v) is 44.9. The lowest BCUT2D eigenvalue weighted by Crippen LogP contribution is -2.26. The summed E-state index contributed by atoms with van der Waals surface area (Å²) in [5.74, 6) is 0. The van der Waals surface area contributed by atoms with Gasteiger partial charge in [0, 0.05) is 59.6 Å². The second-order valence-electron chi connectivity index (χ2n) is 21.5. The molecule has 0 aliphatic heterocycles. The summed E-state index contributed by atoms with van der Waals surface area (Å²) in [6.07, 6.45) is 0. The summed E-state index contributed by atoms with van der Waals surface area (Å²) in [5, 5.41) is 8.57. The Labute approximate surface area is 473 Å². The SMILES string of the molecule is c1ccc(-c2cc3c4cc(N(c5ccccc5)c5ccc6c(c5N(c5ccccc5)c5ccc7cc8sc9ccccc9c8cc7c5)-c5ccccc5C65c6ccccc6-c6ccccc65)ccc4ccc3n2-c2ccccc2)cc1. The Morgan fingerprint density at radius 1 is 0.321 bits per heavy atom. The fourth-order valence-electron chi connectivity index (χ4n) is 14.0. The molecule has 0 fully saturated rings. The van der Waals surface area contributed by atoms with Crippen molar-refractivity contribution in [2.75, 3.05) is 9.80 Å². The molecular formula is C77H49N3S. The lowest BCUT2D eigenvalue weighted by molar-refractivity contribution is 0.793. The number of para-hydroxylation sites is 3. The zero-order chi connectivity index (χ0) is 53.2. The van der Waals surface area contributed by atoms with E-state index in [1.54, 1.807) is 0 Å². The average Bonchev–Trinajstić information content (AvgIpc) is 1.95. The minimum absolute atomic E-state index is 0.571. The van der Waals surface area contributed by atoms with Crippen LogP contribution in [-0.4, -0.2) is 4.57 Å². The van der Waals surface area contributed by atoms with Gasteiger partial charge in [0.15, 0.2) is 0 Å². The van der Waals surface area contributed by atoms with Crippen LogP contribution in [0.25, 0.3) is 91.8 Å². The Bertz CT molecular complexity index is 4960. The Kier molecular flexibility index (Phi) is 10.1. The molecule has 0 atom stereocenters. The molecule has 81 heavy (non-hydrogen) atoms. The van der Waals surface area contributed by atoms with Crippen molar-refractivity contribution in [2.24, 2.45) is 0 Å². The van der Waals surface area contributed by atoms with Crippen LogP contribution in [0.3, 0.4) is 0 Å². The Hall–Kier alpha value is -10.3. The third-order valence-corrected chi connectivity index (χ3v) is 18.4. The molecule has 0 bridgehead atoms. The summed E-state index contributed by atoms with van der Waals surface area (Å²) in [6, 6.07) is 111. The highest BCUT2D eigenvalue weighted by atomic mass is 32.1. The van der Waals surface area contributed by atoms with Crippen LogP contribution in [0.2, 0.25) is 0 Å². The molecule has 1 spiro atoms. The maximum atomic E-state index is 2.56. The first-order chi connectivity index (χ1) is 40.2. The van der Waals surface area contributed by atoms with Crippen molar-refractivity contribution in [3.63, 3.8) is 0 Å². The highest BCUT2D eigenvalue weighted by Gasteiger charge is 2.53. The Morgan fingerprint density at radius 3 is 1.60 bits per heavy atom. The minimum Gasteiger partial charge on any atom is -0.309 e. The van der Waals surface area contributed by atoms with Gasteiger partial charge in [-0.3, -0.25) is 0 Å². The van der Waals surface area contributed by atoms with Gasteiger partial charge in [0.25, 0.3) is 0 Å². The van der Waals surface area contributed by atoms with Gasteiger partial charge < -0.3 is 14.4 Å². The van der Waals surface area contributed by atoms with Crippen LogP contribution in [0, 0.1) is 0 Å². The number of rotatable bonds is 8. The van der Waals surface area contributed by atoms with Crippen molar-refractivity contribution in [3.05, 3.63) is 320 Å². The van der Waals surface area contributed by atoms with E-state index < -0.39 is 5.41 Å². The van der Waals surface area contributed by atoms with Gasteiger partial charge in [0.2, 0.25) is 0 Å². The van der Waals surface area contributed by atoms with Crippen molar-refractivity contribution in [3.8, 4) is 39.2 Å². The number of aromatic nitrogens is 1. The molecule has 378 valence electrons. The van der Waals surface area contributed by atoms with E-state index in [1.807, 2.05) is 11.3 Å². The molecule has 2 aromatic heterocycles. The number of hydrogen-bond acceptors (Lipinski definition) is 3. The number of nitrogens with zero attached hydrogens (tertiary/aromatic N) is 3. The summed E-state index contributed by atoms with van der Waals surface area (Å²) < 4.78 is 5.03. The number of benzene rings is 13. The lowest BCUT2D eigenvalue weighted by Gasteiger charge is -2.36. The van der Waals surface area contributed by atoms with Crippen molar-refractivity contribution in [2.45, 2.75) is 5.41 Å². The first kappa shape index (κ1) is 45.7. The van der Waals surface area contributed by atoms with E-state index in [0.29, 0.717) is 0 Å². The summed E-state index contributed by atoms with van der Waals surface area (Å²) in [5.41, 5.74) is 20.7. The molecule has 0 radical (unpaired) electrons. The molecule has 0 N–H and O–H groups in total. The molecule has 3 nitrogen and oxygen atoms in total. The van der Waals surface area contributed by atoms with Gasteiger partial charge in [-0.1, -0.05) is 200 Å². The highest BCUT2D eigenvalue weighted by molar-refractivity contribution is 7.25. The summed E-state index contributed by atoms with van der Waals surface area (Å²) >= 11 is 1.87. The third kappa shape index (κ3) is 6.75. The molecule has 13 aromatic carbocycles. The van der Waals surface area contributed by atoms with Gasteiger partial charge in [-0.2, -0.15) is 0 Å². The summed E-state index contributed by atoms with van der Waals surface area (Å²) in [6.45, 7) is 0. The fourth-order valence-corrected chi connectivity index (χ4v) is 15.1. The van der Waals surface area contributed by atoms with Gasteiger partial charge in [-0.25, -0.2) is 0 Å². The maximum absolute atomic E-state index is 2.56. The van der Waals surface area contributed by atoms with E-state index in [0.717, 1.165) is 51.0 Å². The second-order valence-corrected chi connectivity index (χ2v) is 22.6. The van der Waals surface area contributed by atoms with Crippen LogP contribution in [-0.2, 0) is 5.41 Å². The summed E-state index contributed by atoms with van der Waals surface area (Å²) in [7, 11) is 0. The standard InChI is InChI=1S/C77H49N3S/c1-5-21-51(22-6-1)72-49-64-63-48-58(40-37-50(63)39-43-70(64)80(72)56-27-11-4-12-28-56)78(54-23-7-2-8-24-54)71-44-42-69-75(62-32-15-19-35-68(62)77(69)66-33-17-13-29-59(66)60-30-14-18-34-67(60)77)76(71)79(55-25-9-3-10-26-55)57-41-38-52-47-74-65(46-53(52)45-57)61-31-16-20-36-73(61)81-74/h1-49H. The number of fused-ring (bicyclic) bond motifs is 17. The van der Waals surface area contributed by atoms with Crippen LogP contribution in [0.1, 0.15) is 22.3 Å². The Morgan fingerprint density at radius 2 is 0.889 bits per heavy atom. The van der Waals surface area contributed by atoms with E-state index in [1.165, 1.54) is 97.2 Å². The van der Waals surface area contributed by atoms with Gasteiger partial charge >= 0.3 is 0 Å². The molecule has 0 saturated carbocycles. The lowest BCUT2D eigenvalue weighted by atomic mass is 9.70. The van der Waals surface area contributed by atoms with Crippen LogP contribution in [0.4, 0.5) is 34.1 Å². The molecule has 2 heterocycles. The van der Waals surface area contributed by atoms with Crippen LogP contribution in [0.15, 0.2) is 297 Å². The summed E-state index contributed by atoms with van der Waals surface area (Å²) in [4.78, 5) is 5.08. The van der Waals surface area contributed by atoms with E-state index in [9.17, 15) is 0 Å². The van der Waals surface area contributed by atoms with Crippen molar-refractivity contribution in [1.29, 1.82) is 0 Å². The smallest absolute Gasteiger partial charge is 0.0784 e. The molecule has 2 aliphatic rings. The van der Waals surface area contributed by atoms with Crippen molar-refractivity contribution in [1.82, 2.24) is 4.57 Å². The van der Waals surface area contributed by atoms with Crippen molar-refractivity contribution < 1.29 is 0 Å². The molecule has 15 aromatic rings. The maximum Gasteiger partial charge on any atom is 0.0784 e. The predicted octanol–water partition coefficient (Wildman–Crippen LogP) is 21.3. The van der Waals surface area contributed by atoms with Crippen LogP contribution >= 0.6 is 11.3 Å². The van der Waals surface area contributed by atoms with Gasteiger partial charge in [0.1, 0.15) is 0 Å². The van der Waals surface area contributed by atoms with Gasteiger partial charge in [-0.15, -0.1) is 11.3 Å². The highest BCUT2D eigenvalue weighted by Crippen LogP contribution is 2.66. The van der Waals surface area contributed by atoms with E-state index in [2.05, 4.69) is 312 Å². The first-order valence-electron chi connectivity index (χ1n) is 27.9. The van der Waals surface area contributed by atoms with E-state index in [-0.39, 0.29) is 0 Å². The number of anilines is 6. The topological polar surface area (TPSA) is 11.4 Å². The largest absolute Gasteiger partial charge is 0.309 e. The molecule has 0 amide bonds. The molecule has 2 aliphatic carbocycles. The normalized spacial score (nSPS) is 12.8. The fraction of sp³-hybridized carbons (Fsp3) is 0.0130. The van der Waals surface area contributed by atoms with E-state index >= 15 is 0 Å². The number of hydrogen-bond donors (Lipinski definition) is 0. The molecule has 0 saturated heterocycles. The van der Waals surface area contributed by atoms with Crippen LogP contribution < -0.4 is 9.80 Å². The third-order valence-electron chi connectivity index (χ3n) is 17.3. The quantitative estimate of drug-likeness (QED) is 0.150. The monoisotopic (exact) mass is 1050 g/mol. The van der Waals surface area contributed by atoms with Crippen LogP contribution in [0.5, 0.6) is 0 Å².